The van der Waals surface area contributed by atoms with Crippen molar-refractivity contribution in [2.24, 2.45) is 5.92 Å². The van der Waals surface area contributed by atoms with Gasteiger partial charge in [-0.2, -0.15) is 4.31 Å². The fraction of sp³-hybridized carbons (Fsp3) is 0.292. The normalized spacial score (nSPS) is 17.2. The fourth-order valence-electron chi connectivity index (χ4n) is 4.74. The number of hydrogen-bond acceptors (Lipinski definition) is 3. The molecule has 0 bridgehead atoms. The Bertz CT molecular complexity index is 1270. The van der Waals surface area contributed by atoms with Crippen LogP contribution in [0, 0.1) is 11.7 Å². The van der Waals surface area contributed by atoms with Crippen LogP contribution in [0.2, 0.25) is 0 Å². The predicted molar refractivity (Wildman–Crippen MR) is 118 cm³/mol. The Balaban J connectivity index is 1.29. The molecule has 0 atom stereocenters. The number of nitrogens with one attached hydrogen (secondary N) is 1. The second-order valence-corrected chi connectivity index (χ2v) is 10.1. The summed E-state index contributed by atoms with van der Waals surface area (Å²) in [5, 5.41) is 5.36. The van der Waals surface area contributed by atoms with Crippen LogP contribution in [-0.2, 0) is 27.7 Å². The molecule has 5 nitrogen and oxygen atoms in total. The predicted octanol–water partition coefficient (Wildman–Crippen LogP) is 4.12. The van der Waals surface area contributed by atoms with E-state index in [1.54, 1.807) is 0 Å². The van der Waals surface area contributed by atoms with Gasteiger partial charge in [-0.3, -0.25) is 4.79 Å². The molecule has 1 aliphatic heterocycles. The summed E-state index contributed by atoms with van der Waals surface area (Å²) in [5.41, 5.74) is 3.43. The lowest BCUT2D eigenvalue weighted by molar-refractivity contribution is -0.120. The minimum atomic E-state index is -3.91. The van der Waals surface area contributed by atoms with E-state index in [0.29, 0.717) is 12.8 Å². The number of aryl methyl sites for hydroxylation is 2. The minimum absolute atomic E-state index is 0.0957. The van der Waals surface area contributed by atoms with Gasteiger partial charge in [0.25, 0.3) is 0 Å². The van der Waals surface area contributed by atoms with Crippen molar-refractivity contribution in [2.45, 2.75) is 30.6 Å². The summed E-state index contributed by atoms with van der Waals surface area (Å²) in [6.07, 6.45) is 2.86. The number of hydrogen-bond donors (Lipinski definition) is 1. The second kappa shape index (κ2) is 7.73. The van der Waals surface area contributed by atoms with E-state index in [9.17, 15) is 17.6 Å². The highest BCUT2D eigenvalue weighted by molar-refractivity contribution is 7.89. The van der Waals surface area contributed by atoms with E-state index in [-0.39, 0.29) is 29.8 Å². The van der Waals surface area contributed by atoms with Gasteiger partial charge in [0, 0.05) is 30.1 Å². The van der Waals surface area contributed by atoms with Gasteiger partial charge in [-0.1, -0.05) is 36.4 Å². The monoisotopic (exact) mass is 438 g/mol. The van der Waals surface area contributed by atoms with E-state index >= 15 is 0 Å². The summed E-state index contributed by atoms with van der Waals surface area (Å²) < 4.78 is 40.8. The van der Waals surface area contributed by atoms with Crippen LogP contribution in [0.15, 0.2) is 59.5 Å². The molecular weight excluding hydrogens is 415 g/mol. The molecule has 0 spiro atoms. The lowest BCUT2D eigenvalue weighted by Gasteiger charge is -2.30. The van der Waals surface area contributed by atoms with E-state index < -0.39 is 15.8 Å². The Kier molecular flexibility index (Phi) is 5.02. The molecule has 3 aromatic carbocycles. The summed E-state index contributed by atoms with van der Waals surface area (Å²) in [5.74, 6) is -1.13. The van der Waals surface area contributed by atoms with Crippen LogP contribution >= 0.6 is 0 Å². The van der Waals surface area contributed by atoms with Crippen LogP contribution in [0.4, 0.5) is 10.1 Å². The highest BCUT2D eigenvalue weighted by atomic mass is 32.2. The van der Waals surface area contributed by atoms with Gasteiger partial charge in [0.1, 0.15) is 10.7 Å². The zero-order chi connectivity index (χ0) is 21.6. The molecule has 5 rings (SSSR count). The zero-order valence-electron chi connectivity index (χ0n) is 17.0. The average molecular weight is 439 g/mol. The van der Waals surface area contributed by atoms with Crippen molar-refractivity contribution in [3.05, 3.63) is 71.5 Å². The quantitative estimate of drug-likeness (QED) is 0.667. The summed E-state index contributed by atoms with van der Waals surface area (Å²) in [7, 11) is -3.91. The molecule has 1 fully saturated rings. The maximum Gasteiger partial charge on any atom is 0.245 e. The Hall–Kier alpha value is -2.77. The van der Waals surface area contributed by atoms with E-state index in [1.807, 2.05) is 18.2 Å². The molecule has 2 aliphatic rings. The highest BCUT2D eigenvalue weighted by Crippen LogP contribution is 2.35. The Labute approximate surface area is 180 Å². The molecule has 0 aromatic heterocycles. The zero-order valence-corrected chi connectivity index (χ0v) is 17.8. The number of rotatable bonds is 4. The SMILES string of the molecule is O=C(Nc1ccc2c3c(cccc13)CC2)C1CCN(S(=O)(=O)c2ccccc2F)CC1. The number of amides is 1. The summed E-state index contributed by atoms with van der Waals surface area (Å²) in [4.78, 5) is 12.6. The molecule has 1 aliphatic carbocycles. The molecule has 1 heterocycles. The van der Waals surface area contributed by atoms with Crippen LogP contribution in [-0.4, -0.2) is 31.7 Å². The van der Waals surface area contributed by atoms with Crippen molar-refractivity contribution < 1.29 is 17.6 Å². The highest BCUT2D eigenvalue weighted by Gasteiger charge is 2.33. The molecule has 0 saturated carbocycles. The average Bonchev–Trinajstić information content (AvgIpc) is 3.20. The van der Waals surface area contributed by atoms with E-state index in [0.717, 1.165) is 30.0 Å². The number of anilines is 1. The van der Waals surface area contributed by atoms with Gasteiger partial charge in [0.2, 0.25) is 15.9 Å². The first-order valence-electron chi connectivity index (χ1n) is 10.5. The first-order chi connectivity index (χ1) is 14.9. The van der Waals surface area contributed by atoms with Gasteiger partial charge >= 0.3 is 0 Å². The largest absolute Gasteiger partial charge is 0.325 e. The van der Waals surface area contributed by atoms with Crippen LogP contribution in [0.1, 0.15) is 24.0 Å². The number of halogens is 1. The van der Waals surface area contributed by atoms with Gasteiger partial charge in [-0.15, -0.1) is 0 Å². The number of piperidine rings is 1. The first kappa shape index (κ1) is 20.2. The maximum absolute atomic E-state index is 14.0. The van der Waals surface area contributed by atoms with Crippen LogP contribution < -0.4 is 5.32 Å². The third kappa shape index (κ3) is 3.51. The van der Waals surface area contributed by atoms with E-state index in [4.69, 9.17) is 0 Å². The molecule has 3 aromatic rings. The molecule has 160 valence electrons. The maximum atomic E-state index is 14.0. The topological polar surface area (TPSA) is 66.5 Å². The first-order valence-corrected chi connectivity index (χ1v) is 12.0. The molecule has 0 radical (unpaired) electrons. The number of benzene rings is 3. The Morgan fingerprint density at radius 3 is 2.39 bits per heavy atom. The van der Waals surface area contributed by atoms with Crippen LogP contribution in [0.5, 0.6) is 0 Å². The molecule has 1 N–H and O–H groups in total. The number of sulfonamides is 1. The molecule has 31 heavy (non-hydrogen) atoms. The second-order valence-electron chi connectivity index (χ2n) is 8.21. The lowest BCUT2D eigenvalue weighted by atomic mass is 9.96. The van der Waals surface area contributed by atoms with Crippen LogP contribution in [0.3, 0.4) is 0 Å². The summed E-state index contributed by atoms with van der Waals surface area (Å²) >= 11 is 0. The van der Waals surface area contributed by atoms with Crippen molar-refractivity contribution >= 4 is 32.4 Å². The van der Waals surface area contributed by atoms with Gasteiger partial charge in [-0.25, -0.2) is 12.8 Å². The third-order valence-corrected chi connectivity index (χ3v) is 8.35. The number of carbonyl (C=O) groups excluding carboxylic acids is 1. The standard InChI is InChI=1S/C24H23FN2O3S/c25-20-6-1-2-7-22(20)31(29,30)27-14-12-18(13-15-27)24(28)26-21-11-10-17-9-8-16-4-3-5-19(21)23(16)17/h1-7,10-11,18H,8-9,12-15H2,(H,26,28). The van der Waals surface area contributed by atoms with Gasteiger partial charge in [-0.05, 0) is 60.4 Å². The van der Waals surface area contributed by atoms with Gasteiger partial charge < -0.3 is 5.32 Å². The number of carbonyl (C=O) groups is 1. The Morgan fingerprint density at radius 1 is 0.935 bits per heavy atom. The Morgan fingerprint density at radius 2 is 1.65 bits per heavy atom. The molecule has 1 saturated heterocycles. The van der Waals surface area contributed by atoms with Crippen molar-refractivity contribution in [1.29, 1.82) is 0 Å². The van der Waals surface area contributed by atoms with E-state index in [2.05, 4.69) is 17.4 Å². The van der Waals surface area contributed by atoms with Crippen molar-refractivity contribution in [3.8, 4) is 0 Å². The molecular formula is C24H23FN2O3S. The number of nitrogens with zero attached hydrogens (tertiary/aromatic N) is 1. The third-order valence-electron chi connectivity index (χ3n) is 6.41. The van der Waals surface area contributed by atoms with E-state index in [1.165, 1.54) is 39.0 Å². The summed E-state index contributed by atoms with van der Waals surface area (Å²) in [6, 6.07) is 15.6. The molecule has 0 unspecified atom stereocenters. The molecule has 1 amide bonds. The minimum Gasteiger partial charge on any atom is -0.325 e. The van der Waals surface area contributed by atoms with Crippen molar-refractivity contribution in [1.82, 2.24) is 4.31 Å². The molecule has 7 heteroatoms. The fourth-order valence-corrected chi connectivity index (χ4v) is 6.28. The van der Waals surface area contributed by atoms with Gasteiger partial charge in [0.05, 0.1) is 0 Å². The van der Waals surface area contributed by atoms with Crippen LogP contribution in [0.25, 0.3) is 10.8 Å². The van der Waals surface area contributed by atoms with Crippen molar-refractivity contribution in [2.75, 3.05) is 18.4 Å². The van der Waals surface area contributed by atoms with Crippen molar-refractivity contribution in [3.63, 3.8) is 0 Å². The van der Waals surface area contributed by atoms with Gasteiger partial charge in [0.15, 0.2) is 0 Å². The summed E-state index contributed by atoms with van der Waals surface area (Å²) in [6.45, 7) is 0.386. The smallest absolute Gasteiger partial charge is 0.245 e. The lowest BCUT2D eigenvalue weighted by Crippen LogP contribution is -2.41.